The van der Waals surface area contributed by atoms with Crippen LogP contribution in [0.2, 0.25) is 10.0 Å². The number of carbonyl (C=O) groups is 2. The van der Waals surface area contributed by atoms with Gasteiger partial charge in [-0.3, -0.25) is 29.3 Å². The summed E-state index contributed by atoms with van der Waals surface area (Å²) in [5.74, 6) is 1.21. The van der Waals surface area contributed by atoms with Crippen molar-refractivity contribution in [1.29, 1.82) is 0 Å². The molecule has 3 fully saturated rings. The second-order valence-electron chi connectivity index (χ2n) is 19.5. The topological polar surface area (TPSA) is 166 Å². The number of fused-ring (bicyclic) bond motifs is 3. The first-order valence-corrected chi connectivity index (χ1v) is 25.7. The zero-order valence-electron chi connectivity index (χ0n) is 41.6. The maximum absolute atomic E-state index is 15.2. The molecular formula is C57H56Cl2F2N8O6. The van der Waals surface area contributed by atoms with E-state index in [0.29, 0.717) is 86.4 Å². The van der Waals surface area contributed by atoms with Crippen molar-refractivity contribution in [1.82, 2.24) is 39.7 Å². The van der Waals surface area contributed by atoms with Crippen molar-refractivity contribution in [2.75, 3.05) is 53.5 Å². The number of aromatic nitrogens is 6. The van der Waals surface area contributed by atoms with Gasteiger partial charge < -0.3 is 29.0 Å². The van der Waals surface area contributed by atoms with Crippen LogP contribution >= 0.6 is 23.2 Å². The number of carbonyl (C=O) groups excluding carboxylic acids is 2. The predicted octanol–water partition coefficient (Wildman–Crippen LogP) is 10.7. The number of aromatic amines is 1. The number of hydrogen-bond donors (Lipinski definition) is 1. The Bertz CT molecular complexity index is 3370. The van der Waals surface area contributed by atoms with E-state index in [1.165, 1.54) is 43.2 Å². The van der Waals surface area contributed by atoms with Gasteiger partial charge >= 0.3 is 0 Å². The van der Waals surface area contributed by atoms with Crippen LogP contribution in [0.4, 0.5) is 8.78 Å². The van der Waals surface area contributed by atoms with Gasteiger partial charge in [-0.2, -0.15) is 0 Å². The van der Waals surface area contributed by atoms with E-state index >= 15 is 4.39 Å². The van der Waals surface area contributed by atoms with E-state index in [-0.39, 0.29) is 41.5 Å². The van der Waals surface area contributed by atoms with Crippen molar-refractivity contribution in [2.45, 2.75) is 51.4 Å². The van der Waals surface area contributed by atoms with Gasteiger partial charge in [-0.25, -0.2) is 18.7 Å². The minimum atomic E-state index is -1.04. The molecule has 2 aliphatic heterocycles. The summed E-state index contributed by atoms with van der Waals surface area (Å²) in [6.45, 7) is 5.76. The molecule has 0 unspecified atom stereocenters. The Labute approximate surface area is 442 Å². The fraction of sp³-hybridized carbons (Fsp3) is 0.333. The van der Waals surface area contributed by atoms with Crippen molar-refractivity contribution in [3.63, 3.8) is 0 Å². The highest BCUT2D eigenvalue weighted by Crippen LogP contribution is 2.49. The Balaban J connectivity index is 0.000000175. The second-order valence-corrected chi connectivity index (χ2v) is 20.3. The number of likely N-dealkylation sites (tertiary alicyclic amines) is 2. The number of ketones is 2. The van der Waals surface area contributed by atoms with Crippen LogP contribution in [0.15, 0.2) is 121 Å². The third-order valence-electron chi connectivity index (χ3n) is 14.0. The maximum atomic E-state index is 15.2. The summed E-state index contributed by atoms with van der Waals surface area (Å²) in [6, 6.07) is 20.2. The number of benzene rings is 2. The molecule has 0 radical (unpaired) electrons. The van der Waals surface area contributed by atoms with Crippen LogP contribution in [-0.2, 0) is 22.4 Å². The van der Waals surface area contributed by atoms with E-state index in [1.54, 1.807) is 79.6 Å². The van der Waals surface area contributed by atoms with Gasteiger partial charge in [0.1, 0.15) is 11.6 Å². The molecule has 2 saturated heterocycles. The van der Waals surface area contributed by atoms with Gasteiger partial charge in [-0.15, -0.1) is 0 Å². The molecule has 0 atom stereocenters. The van der Waals surface area contributed by atoms with Gasteiger partial charge in [0, 0.05) is 79.0 Å². The van der Waals surface area contributed by atoms with Crippen molar-refractivity contribution in [2.24, 2.45) is 17.3 Å². The number of piperidine rings is 2. The highest BCUT2D eigenvalue weighted by atomic mass is 35.5. The molecule has 3 aliphatic rings. The number of nitrogens with one attached hydrogen (secondary N) is 1. The first-order chi connectivity index (χ1) is 36.3. The zero-order chi connectivity index (χ0) is 52.5. The number of pyridine rings is 6. The number of rotatable bonds is 14. The fourth-order valence-corrected chi connectivity index (χ4v) is 9.55. The van der Waals surface area contributed by atoms with E-state index in [2.05, 4.69) is 53.8 Å². The normalized spacial score (nSPS) is 15.9. The van der Waals surface area contributed by atoms with Crippen LogP contribution < -0.4 is 19.8 Å². The summed E-state index contributed by atoms with van der Waals surface area (Å²) in [7, 11) is 4.29. The Morgan fingerprint density at radius 2 is 1.13 bits per heavy atom. The van der Waals surface area contributed by atoms with E-state index < -0.39 is 11.2 Å². The lowest BCUT2D eigenvalue weighted by molar-refractivity contribution is -0.133. The van der Waals surface area contributed by atoms with Crippen molar-refractivity contribution in [3.8, 4) is 23.3 Å². The molecule has 11 rings (SSSR count). The molecule has 14 nitrogen and oxygen atoms in total. The molecule has 1 saturated carbocycles. The first kappa shape index (κ1) is 52.9. The number of halogens is 4. The lowest BCUT2D eigenvalue weighted by Crippen LogP contribution is -2.32. The Morgan fingerprint density at radius 3 is 1.71 bits per heavy atom. The molecule has 0 amide bonds. The van der Waals surface area contributed by atoms with Crippen LogP contribution in [0.25, 0.3) is 32.7 Å². The van der Waals surface area contributed by atoms with E-state index in [0.717, 1.165) is 61.9 Å². The minimum absolute atomic E-state index is 0.000173. The first-order valence-electron chi connectivity index (χ1n) is 25.0. The van der Waals surface area contributed by atoms with Gasteiger partial charge in [0.2, 0.25) is 17.3 Å². The summed E-state index contributed by atoms with van der Waals surface area (Å²) < 4.78 is 46.0. The average molecular weight is 1060 g/mol. The standard InChI is InChI=1S/C34H33F2N3O4.C15H18ClN3O.C8H5ClN2O/c1-39-14-9-23(10-15-39)21-42-33-19-28-26(20-38-33)29(8-13-37-28)43-30-7-4-24(16-27(30)36)18-32(41)34(11-12-34)31(40)17-22-2-5-25(35)6-3-22;1-19-6-3-11(4-7-19)10-20-15-8-14-12(9-18-15)13(16)2-5-17-14;9-6-1-2-10-7-3-8(12)11-4-5(6)7/h2-8,13,16,19-20,23H,9-12,14-15,17-18,21H2,1H3;2,5,8-9,11H,3-4,6-7,10H2,1H3;1-4H,(H,11,12). The number of ether oxygens (including phenoxy) is 3. The van der Waals surface area contributed by atoms with Crippen LogP contribution in [0.1, 0.15) is 49.7 Å². The second kappa shape index (κ2) is 24.1. The smallest absolute Gasteiger partial charge is 0.250 e. The molecule has 1 N–H and O–H groups in total. The molecule has 2 aromatic carbocycles. The number of nitrogens with zero attached hydrogens (tertiary/aromatic N) is 7. The van der Waals surface area contributed by atoms with Gasteiger partial charge in [-0.1, -0.05) is 41.4 Å². The molecule has 1 aliphatic carbocycles. The summed E-state index contributed by atoms with van der Waals surface area (Å²) in [5, 5.41) is 3.50. The van der Waals surface area contributed by atoms with E-state index in [9.17, 15) is 18.8 Å². The third kappa shape index (κ3) is 13.7. The Kier molecular flexibility index (Phi) is 17.0. The highest BCUT2D eigenvalue weighted by Gasteiger charge is 2.54. The lowest BCUT2D eigenvalue weighted by atomic mass is 9.88. The maximum Gasteiger partial charge on any atom is 0.250 e. The van der Waals surface area contributed by atoms with E-state index in [4.69, 9.17) is 37.4 Å². The molecule has 6 aromatic heterocycles. The minimum Gasteiger partial charge on any atom is -0.477 e. The molecule has 18 heteroatoms. The van der Waals surface area contributed by atoms with Crippen molar-refractivity contribution < 1.29 is 32.6 Å². The van der Waals surface area contributed by atoms with Crippen LogP contribution in [-0.4, -0.2) is 105 Å². The predicted molar refractivity (Wildman–Crippen MR) is 285 cm³/mol. The van der Waals surface area contributed by atoms with Crippen LogP contribution in [0, 0.1) is 28.9 Å². The van der Waals surface area contributed by atoms with Gasteiger partial charge in [0.05, 0.1) is 50.6 Å². The molecule has 0 bridgehead atoms. The molecule has 8 aromatic rings. The van der Waals surface area contributed by atoms with Crippen LogP contribution in [0.5, 0.6) is 23.3 Å². The highest BCUT2D eigenvalue weighted by molar-refractivity contribution is 6.35. The molecule has 388 valence electrons. The Hall–Kier alpha value is -6.98. The fourth-order valence-electron chi connectivity index (χ4n) is 9.14. The lowest BCUT2D eigenvalue weighted by Gasteiger charge is -2.28. The number of H-pyrrole nitrogens is 1. The monoisotopic (exact) mass is 1060 g/mol. The van der Waals surface area contributed by atoms with Gasteiger partial charge in [0.15, 0.2) is 23.1 Å². The third-order valence-corrected chi connectivity index (χ3v) is 14.7. The van der Waals surface area contributed by atoms with Gasteiger partial charge in [0.25, 0.3) is 0 Å². The van der Waals surface area contributed by atoms with Crippen molar-refractivity contribution >= 4 is 67.5 Å². The summed E-state index contributed by atoms with van der Waals surface area (Å²) in [5.41, 5.74) is 1.97. The van der Waals surface area contributed by atoms with Crippen LogP contribution in [0.3, 0.4) is 0 Å². The quantitative estimate of drug-likeness (QED) is 0.102. The largest absolute Gasteiger partial charge is 0.477 e. The SMILES string of the molecule is CN1CCC(COc2cc3nccc(Cl)c3cn2)CC1.CN1CCC(COc2cc3nccc(Oc4ccc(CC(=O)C5(C(=O)Cc6ccc(F)cc6)CC5)cc4F)c3cn2)CC1.O=c1cc2nccc(Cl)c2c[nH]1. The molecular weight excluding hydrogens is 1000 g/mol. The van der Waals surface area contributed by atoms with Gasteiger partial charge in [-0.05, 0) is 144 Å². The van der Waals surface area contributed by atoms with Crippen molar-refractivity contribution in [3.05, 3.63) is 159 Å². The summed E-state index contributed by atoms with van der Waals surface area (Å²) in [4.78, 5) is 65.6. The molecule has 75 heavy (non-hydrogen) atoms. The molecule has 0 spiro atoms. The average Bonchev–Trinajstić information content (AvgIpc) is 4.24. The number of Topliss-reactive ketones (excluding diaryl/α,β-unsaturated/α-hetero) is 2. The zero-order valence-corrected chi connectivity index (χ0v) is 43.1. The number of hydrogen-bond acceptors (Lipinski definition) is 13. The van der Waals surface area contributed by atoms with E-state index in [1.807, 2.05) is 6.07 Å². The summed E-state index contributed by atoms with van der Waals surface area (Å²) in [6.07, 6.45) is 15.3. The molecule has 8 heterocycles. The Morgan fingerprint density at radius 1 is 0.627 bits per heavy atom. The summed E-state index contributed by atoms with van der Waals surface area (Å²) >= 11 is 11.9.